The molecule has 2 saturated heterocycles. The fourth-order valence-electron chi connectivity index (χ4n) is 8.52. The lowest BCUT2D eigenvalue weighted by molar-refractivity contribution is -0.162. The number of likely N-dealkylation sites (tertiary alicyclic amines) is 1. The van der Waals surface area contributed by atoms with E-state index in [0.717, 1.165) is 32.1 Å². The lowest BCUT2D eigenvalue weighted by Crippen LogP contribution is -2.61. The van der Waals surface area contributed by atoms with Crippen molar-refractivity contribution < 1.29 is 33.8 Å². The second-order valence-corrected chi connectivity index (χ2v) is 14.0. The number of aliphatic hydroxyl groups is 1. The van der Waals surface area contributed by atoms with Crippen LogP contribution in [0, 0.1) is 17.8 Å². The topological polar surface area (TPSA) is 125 Å². The van der Waals surface area contributed by atoms with E-state index in [0.29, 0.717) is 24.9 Å². The Morgan fingerprint density at radius 1 is 1.04 bits per heavy atom. The molecule has 0 unspecified atom stereocenters. The van der Waals surface area contributed by atoms with Gasteiger partial charge in [0.2, 0.25) is 17.7 Å². The van der Waals surface area contributed by atoms with Crippen molar-refractivity contribution in [3.05, 3.63) is 60.2 Å². The molecule has 1 aromatic rings. The second kappa shape index (κ2) is 13.9. The van der Waals surface area contributed by atoms with Crippen LogP contribution in [0.1, 0.15) is 83.8 Å². The molecule has 0 aromatic heterocycles. The molecule has 1 spiro atoms. The normalized spacial score (nSPS) is 35.4. The summed E-state index contributed by atoms with van der Waals surface area (Å²) in [6.07, 6.45) is 12.2. The molecule has 0 radical (unpaired) electrons. The molecule has 10 nitrogen and oxygen atoms in total. The Morgan fingerprint density at radius 3 is 2.49 bits per heavy atom. The van der Waals surface area contributed by atoms with Crippen LogP contribution in [0.15, 0.2) is 54.6 Å². The van der Waals surface area contributed by atoms with Gasteiger partial charge in [-0.15, -0.1) is 0 Å². The van der Waals surface area contributed by atoms with Gasteiger partial charge < -0.3 is 29.7 Å². The van der Waals surface area contributed by atoms with Crippen molar-refractivity contribution in [3.8, 4) is 0 Å². The molecule has 6 rings (SSSR count). The number of fused-ring (bicyclic) bond motifs is 2. The fraction of sp³-hybridized carbons (Fsp3) is 0.622. The first-order valence-corrected chi connectivity index (χ1v) is 17.5. The molecular formula is C37H49N3O7. The fourth-order valence-corrected chi connectivity index (χ4v) is 8.52. The average molecular weight is 648 g/mol. The van der Waals surface area contributed by atoms with E-state index in [1.54, 1.807) is 11.0 Å². The highest BCUT2D eigenvalue weighted by atomic mass is 16.6. The summed E-state index contributed by atoms with van der Waals surface area (Å²) in [4.78, 5) is 60.5. The lowest BCUT2D eigenvalue weighted by atomic mass is 9.74. The van der Waals surface area contributed by atoms with Crippen LogP contribution in [0.25, 0.3) is 0 Å². The van der Waals surface area contributed by atoms with Gasteiger partial charge in [0.1, 0.15) is 23.7 Å². The number of cyclic esters (lactones) is 1. The Hall–Kier alpha value is -3.50. The minimum Gasteiger partial charge on any atom is -0.455 e. The monoisotopic (exact) mass is 647 g/mol. The highest BCUT2D eigenvalue weighted by Gasteiger charge is 2.74. The third kappa shape index (κ3) is 6.03. The molecule has 9 atom stereocenters. The van der Waals surface area contributed by atoms with Gasteiger partial charge in [-0.05, 0) is 37.7 Å². The zero-order valence-electron chi connectivity index (χ0n) is 27.8. The van der Waals surface area contributed by atoms with Crippen LogP contribution in [0.4, 0.5) is 0 Å². The minimum atomic E-state index is -1.37. The predicted molar refractivity (Wildman–Crippen MR) is 175 cm³/mol. The maximum Gasteiger partial charge on any atom is 0.313 e. The van der Waals surface area contributed by atoms with E-state index in [1.165, 1.54) is 0 Å². The van der Waals surface area contributed by atoms with Gasteiger partial charge >= 0.3 is 5.97 Å². The van der Waals surface area contributed by atoms with Crippen LogP contribution in [0.3, 0.4) is 0 Å². The van der Waals surface area contributed by atoms with E-state index in [2.05, 4.69) is 5.32 Å². The number of hydrogen-bond donors (Lipinski definition) is 2. The smallest absolute Gasteiger partial charge is 0.313 e. The van der Waals surface area contributed by atoms with Gasteiger partial charge in [-0.1, -0.05) is 94.2 Å². The van der Waals surface area contributed by atoms with Gasteiger partial charge in [-0.25, -0.2) is 0 Å². The molecule has 5 bridgehead atoms. The number of amides is 3. The molecule has 47 heavy (non-hydrogen) atoms. The molecule has 1 aliphatic carbocycles. The molecule has 1 saturated carbocycles. The Balaban J connectivity index is 1.45. The third-order valence-corrected chi connectivity index (χ3v) is 11.2. The Kier molecular flexibility index (Phi) is 9.90. The van der Waals surface area contributed by atoms with Crippen LogP contribution in [0.5, 0.6) is 0 Å². The van der Waals surface area contributed by atoms with Gasteiger partial charge in [0.25, 0.3) is 0 Å². The standard InChI is InChI=1S/C37H49N3O7/c1-4-23(2)27(22-41)40-33-35(44)39(26-16-10-6-11-17-26)21-13-7-12-18-29(42)38-24(3)32(25-14-8-5-9-15-25)46-36(45)30-28-19-20-37(33,47-28)31(30)34(40)43/h5,7-9,13-15,19-20,23-24,26-28,30-33,41H,4,6,10-12,16-18,21-22H2,1-3H3,(H,38,42)/b13-7-/t23-,24+,27-,28-,30+,31+,32-,33-,37+/m0/s1. The molecule has 2 N–H and O–H groups in total. The molecule has 4 aliphatic heterocycles. The van der Waals surface area contributed by atoms with Crippen molar-refractivity contribution in [1.29, 1.82) is 0 Å². The number of carbonyl (C=O) groups is 4. The molecule has 1 aromatic carbocycles. The molecule has 4 heterocycles. The highest BCUT2D eigenvalue weighted by Crippen LogP contribution is 2.57. The number of nitrogens with one attached hydrogen (secondary N) is 1. The second-order valence-electron chi connectivity index (χ2n) is 14.0. The first-order valence-electron chi connectivity index (χ1n) is 17.5. The number of rotatable bonds is 6. The van der Waals surface area contributed by atoms with Gasteiger partial charge in [-0.2, -0.15) is 0 Å². The summed E-state index contributed by atoms with van der Waals surface area (Å²) in [5.74, 6) is -3.45. The first kappa shape index (κ1) is 33.4. The average Bonchev–Trinajstić information content (AvgIpc) is 3.73. The summed E-state index contributed by atoms with van der Waals surface area (Å²) in [6, 6.07) is 7.03. The van der Waals surface area contributed by atoms with Crippen molar-refractivity contribution in [3.63, 3.8) is 0 Å². The van der Waals surface area contributed by atoms with Crippen molar-refractivity contribution in [2.75, 3.05) is 13.2 Å². The summed E-state index contributed by atoms with van der Waals surface area (Å²) in [5, 5.41) is 13.7. The van der Waals surface area contributed by atoms with Crippen LogP contribution in [-0.2, 0) is 28.7 Å². The number of aliphatic hydroxyl groups excluding tert-OH is 1. The van der Waals surface area contributed by atoms with Crippen molar-refractivity contribution in [2.45, 2.75) is 114 Å². The molecule has 254 valence electrons. The summed E-state index contributed by atoms with van der Waals surface area (Å²) in [7, 11) is 0. The summed E-state index contributed by atoms with van der Waals surface area (Å²) in [5.41, 5.74) is -0.649. The van der Waals surface area contributed by atoms with E-state index in [4.69, 9.17) is 9.47 Å². The van der Waals surface area contributed by atoms with E-state index >= 15 is 4.79 Å². The number of ether oxygens (including phenoxy) is 2. The van der Waals surface area contributed by atoms with Crippen molar-refractivity contribution in [1.82, 2.24) is 15.1 Å². The quantitative estimate of drug-likeness (QED) is 0.355. The van der Waals surface area contributed by atoms with Crippen LogP contribution in [0.2, 0.25) is 0 Å². The zero-order chi connectivity index (χ0) is 33.3. The number of esters is 1. The predicted octanol–water partition coefficient (Wildman–Crippen LogP) is 3.84. The maximum absolute atomic E-state index is 15.0. The summed E-state index contributed by atoms with van der Waals surface area (Å²) >= 11 is 0. The number of allylic oxidation sites excluding steroid dienone is 1. The van der Waals surface area contributed by atoms with E-state index in [1.807, 2.05) is 74.2 Å². The van der Waals surface area contributed by atoms with Crippen molar-refractivity contribution in [2.24, 2.45) is 17.8 Å². The van der Waals surface area contributed by atoms with Gasteiger partial charge in [-0.3, -0.25) is 19.2 Å². The third-order valence-electron chi connectivity index (χ3n) is 11.2. The minimum absolute atomic E-state index is 0.00863. The van der Waals surface area contributed by atoms with E-state index < -0.39 is 53.7 Å². The molecule has 3 fully saturated rings. The van der Waals surface area contributed by atoms with Crippen LogP contribution < -0.4 is 5.32 Å². The molecule has 5 aliphatic rings. The molecular weight excluding hydrogens is 598 g/mol. The lowest BCUT2D eigenvalue weighted by Gasteiger charge is -2.43. The summed E-state index contributed by atoms with van der Waals surface area (Å²) in [6.45, 7) is 5.80. The Morgan fingerprint density at radius 2 is 1.79 bits per heavy atom. The van der Waals surface area contributed by atoms with Crippen molar-refractivity contribution >= 4 is 23.7 Å². The SMILES string of the molecule is CC[C@H](C)[C@H](CO)N1C(=O)[C@H]2[C@@H]3C(=O)O[C@H](c4ccccc4)[C@@H](C)NC(=O)CC/C=C\CN(C4CCCCC4)C(=O)[C@H]1[C@@]21C=C[C@@H]3O1. The van der Waals surface area contributed by atoms with Gasteiger partial charge in [0.15, 0.2) is 0 Å². The van der Waals surface area contributed by atoms with E-state index in [9.17, 15) is 19.5 Å². The van der Waals surface area contributed by atoms with Crippen LogP contribution >= 0.6 is 0 Å². The first-order chi connectivity index (χ1) is 22.7. The van der Waals surface area contributed by atoms with Crippen LogP contribution in [-0.4, -0.2) is 87.6 Å². The maximum atomic E-state index is 15.0. The number of benzene rings is 1. The molecule has 3 amide bonds. The Bertz CT molecular complexity index is 1390. The highest BCUT2D eigenvalue weighted by molar-refractivity contribution is 5.99. The van der Waals surface area contributed by atoms with E-state index in [-0.39, 0.29) is 42.7 Å². The zero-order valence-corrected chi connectivity index (χ0v) is 27.8. The number of carbonyl (C=O) groups excluding carboxylic acids is 4. The Labute approximate surface area is 277 Å². The van der Waals surface area contributed by atoms with Gasteiger partial charge in [0.05, 0.1) is 30.7 Å². The number of hydrogen-bond acceptors (Lipinski definition) is 7. The number of nitrogens with zero attached hydrogens (tertiary/aromatic N) is 2. The van der Waals surface area contributed by atoms with Gasteiger partial charge in [0, 0.05) is 19.0 Å². The largest absolute Gasteiger partial charge is 0.455 e. The molecule has 10 heteroatoms. The summed E-state index contributed by atoms with van der Waals surface area (Å²) < 4.78 is 12.9.